The summed E-state index contributed by atoms with van der Waals surface area (Å²) in [5.41, 5.74) is 0. The van der Waals surface area contributed by atoms with Crippen LogP contribution in [0.5, 0.6) is 0 Å². The summed E-state index contributed by atoms with van der Waals surface area (Å²) >= 11 is 0. The maximum absolute atomic E-state index is 9.81. The molecule has 6 heteroatoms. The third-order valence-corrected chi connectivity index (χ3v) is 4.68. The summed E-state index contributed by atoms with van der Waals surface area (Å²) < 4.78 is 5.47. The highest BCUT2D eigenvalue weighted by molar-refractivity contribution is 6.76. The summed E-state index contributed by atoms with van der Waals surface area (Å²) in [6, 6.07) is 1.24. The molecule has 0 saturated carbocycles. The molecule has 0 aromatic rings. The number of rotatable bonds is 12. The molecule has 1 unspecified atom stereocenters. The number of hydrogen-bond donors (Lipinski definition) is 3. The first kappa shape index (κ1) is 19.0. The van der Waals surface area contributed by atoms with Gasteiger partial charge in [-0.1, -0.05) is 25.7 Å². The third kappa shape index (κ3) is 12.8. The van der Waals surface area contributed by atoms with Gasteiger partial charge in [0.25, 0.3) is 0 Å². The first-order valence-electron chi connectivity index (χ1n) is 7.09. The first-order valence-corrected chi connectivity index (χ1v) is 10.8. The standard InChI is InChI=1S/C13H31NO4Si/c1-19(2,3)10-4-9-18-12-13(17)11-14(5-7-15)6-8-16/h13,15-17H,4-12H2,1-3H3. The van der Waals surface area contributed by atoms with E-state index in [1.807, 2.05) is 4.90 Å². The summed E-state index contributed by atoms with van der Waals surface area (Å²) in [7, 11) is -0.988. The summed E-state index contributed by atoms with van der Waals surface area (Å²) in [6.45, 7) is 9.44. The first-order chi connectivity index (χ1) is 8.89. The Bertz CT molecular complexity index is 205. The zero-order valence-corrected chi connectivity index (χ0v) is 13.6. The number of nitrogens with zero attached hydrogens (tertiary/aromatic N) is 1. The van der Waals surface area contributed by atoms with Crippen molar-refractivity contribution in [2.24, 2.45) is 0 Å². The molecule has 0 aliphatic carbocycles. The second kappa shape index (κ2) is 10.8. The molecule has 0 spiro atoms. The van der Waals surface area contributed by atoms with Gasteiger partial charge in [0.15, 0.2) is 0 Å². The van der Waals surface area contributed by atoms with Crippen molar-refractivity contribution in [1.82, 2.24) is 4.90 Å². The highest BCUT2D eigenvalue weighted by Gasteiger charge is 2.13. The zero-order valence-electron chi connectivity index (χ0n) is 12.6. The van der Waals surface area contributed by atoms with Gasteiger partial charge in [0, 0.05) is 34.3 Å². The molecule has 0 aliphatic rings. The lowest BCUT2D eigenvalue weighted by molar-refractivity contribution is 0.0116. The number of aliphatic hydroxyl groups excluding tert-OH is 3. The molecular formula is C13H31NO4Si. The van der Waals surface area contributed by atoms with Crippen molar-refractivity contribution in [1.29, 1.82) is 0 Å². The lowest BCUT2D eigenvalue weighted by Gasteiger charge is -2.23. The van der Waals surface area contributed by atoms with Crippen molar-refractivity contribution >= 4 is 8.07 Å². The monoisotopic (exact) mass is 293 g/mol. The van der Waals surface area contributed by atoms with Gasteiger partial charge in [-0.2, -0.15) is 0 Å². The van der Waals surface area contributed by atoms with Gasteiger partial charge < -0.3 is 20.1 Å². The van der Waals surface area contributed by atoms with Crippen LogP contribution in [0.3, 0.4) is 0 Å². The predicted octanol–water partition coefficient (Wildman–Crippen LogP) is 0.379. The Balaban J connectivity index is 3.64. The highest BCUT2D eigenvalue weighted by Crippen LogP contribution is 2.10. The van der Waals surface area contributed by atoms with E-state index >= 15 is 0 Å². The van der Waals surface area contributed by atoms with Gasteiger partial charge >= 0.3 is 0 Å². The second-order valence-corrected chi connectivity index (χ2v) is 11.8. The van der Waals surface area contributed by atoms with Crippen LogP contribution in [-0.2, 0) is 4.74 Å². The van der Waals surface area contributed by atoms with Crippen LogP contribution < -0.4 is 0 Å². The number of hydrogen-bond acceptors (Lipinski definition) is 5. The Hall–Kier alpha value is 0.0169. The molecule has 0 fully saturated rings. The molecule has 0 saturated heterocycles. The summed E-state index contributed by atoms with van der Waals surface area (Å²) in [4.78, 5) is 1.83. The van der Waals surface area contributed by atoms with Crippen molar-refractivity contribution < 1.29 is 20.1 Å². The molecule has 0 aromatic heterocycles. The van der Waals surface area contributed by atoms with E-state index in [9.17, 15) is 5.11 Å². The average Bonchev–Trinajstić information content (AvgIpc) is 2.27. The van der Waals surface area contributed by atoms with Crippen molar-refractivity contribution in [3.05, 3.63) is 0 Å². The molecule has 116 valence electrons. The van der Waals surface area contributed by atoms with Gasteiger partial charge in [0.05, 0.1) is 25.9 Å². The molecule has 0 aromatic carbocycles. The molecule has 3 N–H and O–H groups in total. The molecule has 5 nitrogen and oxygen atoms in total. The van der Waals surface area contributed by atoms with Gasteiger partial charge in [0.1, 0.15) is 0 Å². The maximum Gasteiger partial charge on any atom is 0.0900 e. The fraction of sp³-hybridized carbons (Fsp3) is 1.00. The van der Waals surface area contributed by atoms with E-state index < -0.39 is 14.2 Å². The fourth-order valence-corrected chi connectivity index (χ4v) is 3.06. The van der Waals surface area contributed by atoms with Crippen LogP contribution in [0, 0.1) is 0 Å². The Morgan fingerprint density at radius 2 is 1.68 bits per heavy atom. The Morgan fingerprint density at radius 1 is 1.11 bits per heavy atom. The Kier molecular flexibility index (Phi) is 10.8. The smallest absolute Gasteiger partial charge is 0.0900 e. The largest absolute Gasteiger partial charge is 0.395 e. The van der Waals surface area contributed by atoms with Gasteiger partial charge in [0.2, 0.25) is 0 Å². The van der Waals surface area contributed by atoms with Gasteiger partial charge in [-0.3, -0.25) is 4.90 Å². The van der Waals surface area contributed by atoms with E-state index in [0.717, 1.165) is 6.42 Å². The number of aliphatic hydroxyl groups is 3. The Labute approximate surface area is 118 Å². The summed E-state index contributed by atoms with van der Waals surface area (Å²) in [5, 5.41) is 27.5. The van der Waals surface area contributed by atoms with E-state index in [2.05, 4.69) is 19.6 Å². The molecule has 0 bridgehead atoms. The van der Waals surface area contributed by atoms with Gasteiger partial charge in [-0.25, -0.2) is 0 Å². The van der Waals surface area contributed by atoms with Crippen molar-refractivity contribution in [3.8, 4) is 0 Å². The van der Waals surface area contributed by atoms with Crippen LogP contribution in [0.2, 0.25) is 25.7 Å². The minimum absolute atomic E-state index is 0.0315. The number of ether oxygens (including phenoxy) is 1. The molecule has 0 heterocycles. The molecule has 0 rings (SSSR count). The SMILES string of the molecule is C[Si](C)(C)CCCOCC(O)CN(CCO)CCO. The molecule has 0 aliphatic heterocycles. The van der Waals surface area contributed by atoms with Crippen LogP contribution in [0.1, 0.15) is 6.42 Å². The van der Waals surface area contributed by atoms with Crippen molar-refractivity contribution in [2.75, 3.05) is 46.1 Å². The van der Waals surface area contributed by atoms with E-state index in [-0.39, 0.29) is 13.2 Å². The van der Waals surface area contributed by atoms with Crippen LogP contribution in [0.15, 0.2) is 0 Å². The minimum atomic E-state index is -0.988. The van der Waals surface area contributed by atoms with E-state index in [0.29, 0.717) is 32.8 Å². The molecule has 19 heavy (non-hydrogen) atoms. The summed E-state index contributed by atoms with van der Waals surface area (Å²) in [5.74, 6) is 0. The maximum atomic E-state index is 9.81. The van der Waals surface area contributed by atoms with E-state index in [1.165, 1.54) is 6.04 Å². The van der Waals surface area contributed by atoms with E-state index in [1.54, 1.807) is 0 Å². The molecule has 1 atom stereocenters. The highest BCUT2D eigenvalue weighted by atomic mass is 28.3. The molecule has 0 radical (unpaired) electrons. The quantitative estimate of drug-likeness (QED) is 0.358. The van der Waals surface area contributed by atoms with Crippen LogP contribution in [0.4, 0.5) is 0 Å². The van der Waals surface area contributed by atoms with Crippen LogP contribution in [-0.4, -0.2) is 80.5 Å². The minimum Gasteiger partial charge on any atom is -0.395 e. The predicted molar refractivity (Wildman–Crippen MR) is 80.2 cm³/mol. The van der Waals surface area contributed by atoms with Gasteiger partial charge in [-0.05, 0) is 6.42 Å². The lowest BCUT2D eigenvalue weighted by Crippen LogP contribution is -2.38. The normalized spacial score (nSPS) is 14.1. The average molecular weight is 293 g/mol. The van der Waals surface area contributed by atoms with Crippen LogP contribution in [0.25, 0.3) is 0 Å². The van der Waals surface area contributed by atoms with E-state index in [4.69, 9.17) is 14.9 Å². The second-order valence-electron chi connectivity index (χ2n) is 6.14. The van der Waals surface area contributed by atoms with Gasteiger partial charge in [-0.15, -0.1) is 0 Å². The topological polar surface area (TPSA) is 73.2 Å². The molecule has 0 amide bonds. The summed E-state index contributed by atoms with van der Waals surface area (Å²) in [6.07, 6.45) is 0.490. The molecular weight excluding hydrogens is 262 g/mol. The fourth-order valence-electron chi connectivity index (χ4n) is 1.85. The van der Waals surface area contributed by atoms with Crippen molar-refractivity contribution in [3.63, 3.8) is 0 Å². The third-order valence-electron chi connectivity index (χ3n) is 2.83. The zero-order chi connectivity index (χ0) is 14.7. The van der Waals surface area contributed by atoms with Crippen LogP contribution >= 0.6 is 0 Å². The lowest BCUT2D eigenvalue weighted by atomic mass is 10.3. The Morgan fingerprint density at radius 3 is 2.16 bits per heavy atom. The van der Waals surface area contributed by atoms with Crippen molar-refractivity contribution in [2.45, 2.75) is 38.2 Å².